The molecule has 21 heavy (non-hydrogen) atoms. The van der Waals surface area contributed by atoms with Crippen molar-refractivity contribution in [3.05, 3.63) is 34.1 Å². The summed E-state index contributed by atoms with van der Waals surface area (Å²) in [5.74, 6) is -0.161. The van der Waals surface area contributed by atoms with Crippen LogP contribution >= 0.6 is 11.3 Å². The fraction of sp³-hybridized carbons (Fsp3) is 0.400. The van der Waals surface area contributed by atoms with E-state index in [9.17, 15) is 4.79 Å². The minimum atomic E-state index is -0.161. The topological polar surface area (TPSA) is 66.9 Å². The normalized spacial score (nSPS) is 13.0. The average Bonchev–Trinajstić information content (AvgIpc) is 3.00. The molecule has 0 spiro atoms. The van der Waals surface area contributed by atoms with Crippen LogP contribution in [0, 0.1) is 6.92 Å². The van der Waals surface area contributed by atoms with Crippen molar-refractivity contribution in [2.45, 2.75) is 33.1 Å². The van der Waals surface area contributed by atoms with Gasteiger partial charge in [-0.3, -0.25) is 15.1 Å². The van der Waals surface area contributed by atoms with Crippen LogP contribution in [0.5, 0.6) is 0 Å². The van der Waals surface area contributed by atoms with E-state index in [1.54, 1.807) is 17.5 Å². The van der Waals surface area contributed by atoms with Crippen LogP contribution < -0.4 is 10.6 Å². The summed E-state index contributed by atoms with van der Waals surface area (Å²) < 4.78 is 0. The summed E-state index contributed by atoms with van der Waals surface area (Å²) >= 11 is 1.58. The van der Waals surface area contributed by atoms with Gasteiger partial charge in [-0.2, -0.15) is 0 Å². The van der Waals surface area contributed by atoms with E-state index >= 15 is 0 Å². The second-order valence-electron chi connectivity index (χ2n) is 5.10. The third-order valence-corrected chi connectivity index (χ3v) is 4.54. The Hall–Kier alpha value is -1.95. The number of pyridine rings is 1. The lowest BCUT2D eigenvalue weighted by molar-refractivity contribution is 0.102. The Kier molecular flexibility index (Phi) is 3.88. The van der Waals surface area contributed by atoms with Crippen LogP contribution in [0.4, 0.5) is 10.8 Å². The lowest BCUT2D eigenvalue weighted by atomic mass is 10.2. The Morgan fingerprint density at radius 2 is 2.29 bits per heavy atom. The summed E-state index contributed by atoms with van der Waals surface area (Å²) in [7, 11) is 0. The Morgan fingerprint density at radius 3 is 3.05 bits per heavy atom. The van der Waals surface area contributed by atoms with Crippen molar-refractivity contribution in [1.82, 2.24) is 9.97 Å². The number of fused-ring (bicyclic) bond motifs is 1. The fourth-order valence-corrected chi connectivity index (χ4v) is 3.53. The van der Waals surface area contributed by atoms with E-state index in [-0.39, 0.29) is 5.91 Å². The zero-order valence-electron chi connectivity index (χ0n) is 12.2. The van der Waals surface area contributed by atoms with Gasteiger partial charge in [0.05, 0.1) is 16.9 Å². The molecule has 0 fully saturated rings. The molecule has 0 saturated carbocycles. The maximum Gasteiger partial charge on any atom is 0.261 e. The van der Waals surface area contributed by atoms with Crippen molar-refractivity contribution >= 4 is 28.1 Å². The number of amides is 1. The Labute approximate surface area is 127 Å². The number of rotatable bonds is 4. The van der Waals surface area contributed by atoms with Gasteiger partial charge in [-0.25, -0.2) is 4.98 Å². The predicted molar refractivity (Wildman–Crippen MR) is 85.2 cm³/mol. The van der Waals surface area contributed by atoms with Gasteiger partial charge in [0.25, 0.3) is 5.91 Å². The number of carbonyl (C=O) groups is 1. The number of aromatic nitrogens is 2. The molecule has 2 aromatic heterocycles. The molecule has 2 N–H and O–H groups in total. The molecule has 5 nitrogen and oxygen atoms in total. The minimum Gasteiger partial charge on any atom is -0.385 e. The largest absolute Gasteiger partial charge is 0.385 e. The second kappa shape index (κ2) is 5.81. The molecule has 0 saturated heterocycles. The first-order valence-electron chi connectivity index (χ1n) is 7.18. The molecule has 1 aliphatic carbocycles. The molecule has 0 radical (unpaired) electrons. The van der Waals surface area contributed by atoms with Gasteiger partial charge in [0, 0.05) is 23.3 Å². The summed E-state index contributed by atoms with van der Waals surface area (Å²) in [6.07, 6.45) is 4.90. The van der Waals surface area contributed by atoms with Gasteiger partial charge in [0.2, 0.25) is 0 Å². The smallest absolute Gasteiger partial charge is 0.261 e. The summed E-state index contributed by atoms with van der Waals surface area (Å²) in [5, 5.41) is 6.79. The Morgan fingerprint density at radius 1 is 1.43 bits per heavy atom. The number of aryl methyl sites for hydroxylation is 3. The van der Waals surface area contributed by atoms with Crippen molar-refractivity contribution in [1.29, 1.82) is 0 Å². The predicted octanol–water partition coefficient (Wildman–Crippen LogP) is 3.02. The minimum absolute atomic E-state index is 0.161. The average molecular weight is 302 g/mol. The number of nitrogens with one attached hydrogen (secondary N) is 2. The molecule has 1 aliphatic rings. The van der Waals surface area contributed by atoms with Crippen LogP contribution in [0.15, 0.2) is 12.3 Å². The summed E-state index contributed by atoms with van der Waals surface area (Å²) in [6, 6.07) is 1.89. The van der Waals surface area contributed by atoms with Crippen LogP contribution in [-0.4, -0.2) is 22.4 Å². The van der Waals surface area contributed by atoms with Crippen LogP contribution in [0.2, 0.25) is 0 Å². The molecule has 6 heteroatoms. The first-order chi connectivity index (χ1) is 10.2. The highest BCUT2D eigenvalue weighted by Crippen LogP contribution is 2.30. The maximum atomic E-state index is 12.4. The summed E-state index contributed by atoms with van der Waals surface area (Å²) in [6.45, 7) is 4.67. The van der Waals surface area contributed by atoms with Gasteiger partial charge in [-0.15, -0.1) is 11.3 Å². The number of nitrogens with zero attached hydrogens (tertiary/aromatic N) is 2. The summed E-state index contributed by atoms with van der Waals surface area (Å²) in [5.41, 5.74) is 3.39. The lowest BCUT2D eigenvalue weighted by Gasteiger charge is -2.10. The Bertz CT molecular complexity index is 659. The molecular weight excluding hydrogens is 284 g/mol. The zero-order valence-corrected chi connectivity index (χ0v) is 13.0. The maximum absolute atomic E-state index is 12.4. The second-order valence-corrected chi connectivity index (χ2v) is 6.18. The molecule has 0 aliphatic heterocycles. The van der Waals surface area contributed by atoms with E-state index in [0.717, 1.165) is 36.5 Å². The molecule has 2 heterocycles. The van der Waals surface area contributed by atoms with Gasteiger partial charge < -0.3 is 5.32 Å². The highest BCUT2D eigenvalue weighted by Gasteiger charge is 2.19. The number of thiazole rings is 1. The third kappa shape index (κ3) is 2.90. The fourth-order valence-electron chi connectivity index (χ4n) is 2.49. The van der Waals surface area contributed by atoms with Gasteiger partial charge in [0.1, 0.15) is 0 Å². The Balaban J connectivity index is 1.81. The van der Waals surface area contributed by atoms with Gasteiger partial charge in [-0.1, -0.05) is 0 Å². The molecule has 110 valence electrons. The highest BCUT2D eigenvalue weighted by molar-refractivity contribution is 7.16. The first-order valence-corrected chi connectivity index (χ1v) is 7.99. The van der Waals surface area contributed by atoms with Gasteiger partial charge >= 0.3 is 0 Å². The monoisotopic (exact) mass is 302 g/mol. The number of hydrogen-bond acceptors (Lipinski definition) is 5. The third-order valence-electron chi connectivity index (χ3n) is 3.47. The van der Waals surface area contributed by atoms with E-state index < -0.39 is 0 Å². The van der Waals surface area contributed by atoms with Crippen molar-refractivity contribution in [2.24, 2.45) is 0 Å². The number of hydrogen-bond donors (Lipinski definition) is 2. The van der Waals surface area contributed by atoms with Crippen LogP contribution in [0.1, 0.15) is 40.0 Å². The number of carbonyl (C=O) groups excluding carboxylic acids is 1. The molecule has 1 amide bonds. The van der Waals surface area contributed by atoms with Gasteiger partial charge in [-0.05, 0) is 39.2 Å². The van der Waals surface area contributed by atoms with E-state index in [4.69, 9.17) is 0 Å². The van der Waals surface area contributed by atoms with E-state index in [0.29, 0.717) is 10.7 Å². The molecule has 0 unspecified atom stereocenters. The van der Waals surface area contributed by atoms with E-state index in [2.05, 4.69) is 20.6 Å². The van der Waals surface area contributed by atoms with Crippen molar-refractivity contribution in [2.75, 3.05) is 17.2 Å². The van der Waals surface area contributed by atoms with Crippen molar-refractivity contribution in [3.63, 3.8) is 0 Å². The molecule has 2 aromatic rings. The van der Waals surface area contributed by atoms with E-state index in [1.807, 2.05) is 19.9 Å². The standard InChI is InChI=1S/C15H18N4OS/c1-3-16-12-7-9(2)17-8-10(12)14(20)19-15-18-11-5-4-6-13(11)21-15/h7-8H,3-6H2,1-2H3,(H,16,17)(H,18,19,20). The van der Waals surface area contributed by atoms with Crippen LogP contribution in [-0.2, 0) is 12.8 Å². The molecule has 0 atom stereocenters. The molecule has 0 aromatic carbocycles. The van der Waals surface area contributed by atoms with Crippen molar-refractivity contribution < 1.29 is 4.79 Å². The van der Waals surface area contributed by atoms with E-state index in [1.165, 1.54) is 11.3 Å². The van der Waals surface area contributed by atoms with Crippen LogP contribution in [0.25, 0.3) is 0 Å². The molecule has 3 rings (SSSR count). The molecular formula is C15H18N4OS. The van der Waals surface area contributed by atoms with Gasteiger partial charge in [0.15, 0.2) is 5.13 Å². The lowest BCUT2D eigenvalue weighted by Crippen LogP contribution is -2.15. The highest BCUT2D eigenvalue weighted by atomic mass is 32.1. The molecule has 0 bridgehead atoms. The SMILES string of the molecule is CCNc1cc(C)ncc1C(=O)Nc1nc2c(s1)CCC2. The quantitative estimate of drug-likeness (QED) is 0.911. The number of anilines is 2. The first kappa shape index (κ1) is 14.0. The zero-order chi connectivity index (χ0) is 14.8. The van der Waals surface area contributed by atoms with Crippen LogP contribution in [0.3, 0.4) is 0 Å². The summed E-state index contributed by atoms with van der Waals surface area (Å²) in [4.78, 5) is 22.4. The van der Waals surface area contributed by atoms with Crippen molar-refractivity contribution in [3.8, 4) is 0 Å².